The van der Waals surface area contributed by atoms with Gasteiger partial charge in [-0.2, -0.15) is 0 Å². The van der Waals surface area contributed by atoms with Crippen LogP contribution >= 0.6 is 12.2 Å². The molecule has 1 aliphatic heterocycles. The average Bonchev–Trinajstić information content (AvgIpc) is 2.75. The van der Waals surface area contributed by atoms with Crippen LogP contribution in [-0.4, -0.2) is 53.0 Å². The van der Waals surface area contributed by atoms with E-state index in [2.05, 4.69) is 31.4 Å². The third-order valence-corrected chi connectivity index (χ3v) is 6.37. The molecule has 1 saturated heterocycles. The molecule has 2 amide bonds. The molecule has 1 aromatic carbocycles. The van der Waals surface area contributed by atoms with E-state index in [1.807, 2.05) is 12.1 Å². The van der Waals surface area contributed by atoms with E-state index in [9.17, 15) is 14.4 Å². The van der Waals surface area contributed by atoms with Gasteiger partial charge in [-0.15, -0.1) is 0 Å². The van der Waals surface area contributed by atoms with Crippen molar-refractivity contribution in [2.45, 2.75) is 76.9 Å². The van der Waals surface area contributed by atoms with E-state index < -0.39 is 12.0 Å². The molecule has 2 aliphatic rings. The Morgan fingerprint density at radius 1 is 1.16 bits per heavy atom. The van der Waals surface area contributed by atoms with Gasteiger partial charge >= 0.3 is 5.97 Å². The van der Waals surface area contributed by atoms with Crippen LogP contribution in [0.1, 0.15) is 75.2 Å². The molecule has 0 radical (unpaired) electrons. The number of nitrogens with one attached hydrogen (secondary N) is 2. The lowest BCUT2D eigenvalue weighted by Crippen LogP contribution is -2.60. The van der Waals surface area contributed by atoms with Crippen LogP contribution in [0.4, 0.5) is 0 Å². The molecule has 0 bridgehead atoms. The second-order valence-corrected chi connectivity index (χ2v) is 9.93. The average molecular weight is 460 g/mol. The van der Waals surface area contributed by atoms with Crippen LogP contribution in [0.15, 0.2) is 24.3 Å². The van der Waals surface area contributed by atoms with Crippen LogP contribution in [-0.2, 0) is 19.7 Å². The number of piperazine rings is 1. The van der Waals surface area contributed by atoms with Crippen LogP contribution in [0.2, 0.25) is 0 Å². The molecule has 2 fully saturated rings. The molecule has 2 N–H and O–H groups in total. The van der Waals surface area contributed by atoms with E-state index in [4.69, 9.17) is 17.0 Å². The number of benzene rings is 1. The Kier molecular flexibility index (Phi) is 7.87. The Hall–Kier alpha value is -2.48. The summed E-state index contributed by atoms with van der Waals surface area (Å²) in [5.74, 6) is -1.04. The van der Waals surface area contributed by atoms with E-state index in [0.717, 1.165) is 31.2 Å². The summed E-state index contributed by atoms with van der Waals surface area (Å²) in [5.41, 5.74) is 1.60. The first kappa shape index (κ1) is 24.2. The molecule has 8 heteroatoms. The van der Waals surface area contributed by atoms with Gasteiger partial charge in [-0.3, -0.25) is 19.7 Å². The Balaban J connectivity index is 1.62. The van der Waals surface area contributed by atoms with Crippen LogP contribution in [0.5, 0.6) is 0 Å². The molecule has 0 spiro atoms. The summed E-state index contributed by atoms with van der Waals surface area (Å²) in [5, 5.41) is 5.63. The van der Waals surface area contributed by atoms with E-state index in [-0.39, 0.29) is 34.9 Å². The predicted molar refractivity (Wildman–Crippen MR) is 126 cm³/mol. The number of carbonyl (C=O) groups is 3. The monoisotopic (exact) mass is 459 g/mol. The zero-order valence-corrected chi connectivity index (χ0v) is 19.9. The van der Waals surface area contributed by atoms with Crippen molar-refractivity contribution < 1.29 is 19.1 Å². The minimum Gasteiger partial charge on any atom is -0.462 e. The Morgan fingerprint density at radius 3 is 2.44 bits per heavy atom. The molecule has 1 aromatic rings. The predicted octanol–water partition coefficient (Wildman–Crippen LogP) is 3.07. The van der Waals surface area contributed by atoms with Crippen molar-refractivity contribution in [1.29, 1.82) is 0 Å². The first-order valence-electron chi connectivity index (χ1n) is 11.3. The number of rotatable bonds is 4. The fourth-order valence-corrected chi connectivity index (χ4v) is 4.41. The van der Waals surface area contributed by atoms with Gasteiger partial charge in [0.15, 0.2) is 5.11 Å². The fourth-order valence-electron chi connectivity index (χ4n) is 4.10. The quantitative estimate of drug-likeness (QED) is 0.532. The highest BCUT2D eigenvalue weighted by molar-refractivity contribution is 7.80. The number of ether oxygens (including phenoxy) is 1. The van der Waals surface area contributed by atoms with Gasteiger partial charge in [-0.05, 0) is 61.0 Å². The van der Waals surface area contributed by atoms with Crippen molar-refractivity contribution in [1.82, 2.24) is 15.5 Å². The van der Waals surface area contributed by atoms with E-state index in [1.165, 1.54) is 6.42 Å². The Morgan fingerprint density at radius 2 is 1.81 bits per heavy atom. The van der Waals surface area contributed by atoms with Gasteiger partial charge in [-0.25, -0.2) is 0 Å². The number of hydrogen-bond acceptors (Lipinski definition) is 5. The summed E-state index contributed by atoms with van der Waals surface area (Å²) in [6.45, 7) is 7.13. The Labute approximate surface area is 195 Å². The minimum absolute atomic E-state index is 0.00900. The van der Waals surface area contributed by atoms with Crippen molar-refractivity contribution in [2.24, 2.45) is 0 Å². The zero-order valence-electron chi connectivity index (χ0n) is 19.1. The topological polar surface area (TPSA) is 87.7 Å². The number of carbonyl (C=O) groups excluding carboxylic acids is 3. The van der Waals surface area contributed by atoms with Gasteiger partial charge in [0.25, 0.3) is 5.91 Å². The third kappa shape index (κ3) is 6.28. The molecular weight excluding hydrogens is 426 g/mol. The van der Waals surface area contributed by atoms with Gasteiger partial charge in [0, 0.05) is 18.7 Å². The molecule has 1 heterocycles. The van der Waals surface area contributed by atoms with Crippen molar-refractivity contribution in [3.63, 3.8) is 0 Å². The lowest BCUT2D eigenvalue weighted by Gasteiger charge is -2.36. The van der Waals surface area contributed by atoms with Crippen LogP contribution in [0, 0.1) is 0 Å². The highest BCUT2D eigenvalue weighted by Gasteiger charge is 2.35. The van der Waals surface area contributed by atoms with Crippen LogP contribution in [0.25, 0.3) is 0 Å². The van der Waals surface area contributed by atoms with Crippen molar-refractivity contribution >= 4 is 35.1 Å². The second kappa shape index (κ2) is 10.4. The minimum atomic E-state index is -0.795. The number of thiocarbonyl (C=S) groups is 1. The maximum absolute atomic E-state index is 12.7. The van der Waals surface area contributed by atoms with Gasteiger partial charge < -0.3 is 15.0 Å². The summed E-state index contributed by atoms with van der Waals surface area (Å²) in [7, 11) is 0. The summed E-state index contributed by atoms with van der Waals surface area (Å²) >= 11 is 5.44. The zero-order chi connectivity index (χ0) is 23.3. The van der Waals surface area contributed by atoms with Crippen molar-refractivity contribution in [3.05, 3.63) is 35.4 Å². The van der Waals surface area contributed by atoms with Crippen molar-refractivity contribution in [3.8, 4) is 0 Å². The number of esters is 1. The molecule has 3 rings (SSSR count). The van der Waals surface area contributed by atoms with E-state index in [0.29, 0.717) is 18.7 Å². The largest absolute Gasteiger partial charge is 0.462 e. The first-order valence-corrected chi connectivity index (χ1v) is 11.8. The van der Waals surface area contributed by atoms with Crippen LogP contribution < -0.4 is 10.6 Å². The SMILES string of the molecule is CC(C)(C)c1ccc(C(=O)NC(=S)N2CCNC(=O)C2CC(=O)OC2CCCCC2)cc1. The molecule has 1 saturated carbocycles. The highest BCUT2D eigenvalue weighted by Crippen LogP contribution is 2.23. The van der Waals surface area contributed by atoms with E-state index in [1.54, 1.807) is 17.0 Å². The lowest BCUT2D eigenvalue weighted by atomic mass is 9.87. The summed E-state index contributed by atoms with van der Waals surface area (Å²) < 4.78 is 5.58. The molecular formula is C24H33N3O4S. The molecule has 0 aromatic heterocycles. The third-order valence-electron chi connectivity index (χ3n) is 6.04. The maximum atomic E-state index is 12.7. The summed E-state index contributed by atoms with van der Waals surface area (Å²) in [4.78, 5) is 39.3. The van der Waals surface area contributed by atoms with Gasteiger partial charge in [0.2, 0.25) is 5.91 Å². The first-order chi connectivity index (χ1) is 15.1. The fraction of sp³-hybridized carbons (Fsp3) is 0.583. The smallest absolute Gasteiger partial charge is 0.308 e. The molecule has 174 valence electrons. The van der Waals surface area contributed by atoms with Crippen LogP contribution in [0.3, 0.4) is 0 Å². The maximum Gasteiger partial charge on any atom is 0.308 e. The van der Waals surface area contributed by atoms with Gasteiger partial charge in [0.05, 0.1) is 6.42 Å². The molecule has 7 nitrogen and oxygen atoms in total. The van der Waals surface area contributed by atoms with Crippen molar-refractivity contribution in [2.75, 3.05) is 13.1 Å². The normalized spacial score (nSPS) is 19.8. The summed E-state index contributed by atoms with van der Waals surface area (Å²) in [6.07, 6.45) is 4.85. The van der Waals surface area contributed by atoms with Gasteiger partial charge in [0.1, 0.15) is 12.1 Å². The number of amides is 2. The highest BCUT2D eigenvalue weighted by atomic mass is 32.1. The van der Waals surface area contributed by atoms with E-state index >= 15 is 0 Å². The van der Waals surface area contributed by atoms with Gasteiger partial charge in [-0.1, -0.05) is 39.3 Å². The summed E-state index contributed by atoms with van der Waals surface area (Å²) in [6, 6.07) is 6.59. The second-order valence-electron chi connectivity index (χ2n) is 9.54. The molecule has 32 heavy (non-hydrogen) atoms. The standard InChI is InChI=1S/C24H33N3O4S/c1-24(2,3)17-11-9-16(10-12-17)21(29)26-23(32)27-14-13-25-22(30)19(27)15-20(28)31-18-7-5-4-6-8-18/h9-12,18-19H,4-8,13-15H2,1-3H3,(H,25,30)(H,26,29,32). The molecule has 1 unspecified atom stereocenters. The lowest BCUT2D eigenvalue weighted by molar-refractivity contribution is -0.153. The Bertz CT molecular complexity index is 857. The number of hydrogen-bond donors (Lipinski definition) is 2. The molecule has 1 aliphatic carbocycles. The molecule has 1 atom stereocenters. The number of nitrogens with zero attached hydrogens (tertiary/aromatic N) is 1.